The standard InChI is InChI=1S/C20H13BrN2O3/c1-12(24)23-11-14(16-4-2-3-5-18(16)23)10-17-20(25)26-19(22-17)13-6-8-15(21)9-7-13/h2-11H,1H3. The van der Waals surface area contributed by atoms with Gasteiger partial charge in [0.25, 0.3) is 0 Å². The first-order valence-electron chi connectivity index (χ1n) is 7.92. The van der Waals surface area contributed by atoms with Crippen LogP contribution >= 0.6 is 15.9 Å². The molecule has 0 unspecified atom stereocenters. The van der Waals surface area contributed by atoms with Gasteiger partial charge in [0.05, 0.1) is 5.52 Å². The van der Waals surface area contributed by atoms with Crippen molar-refractivity contribution in [1.82, 2.24) is 4.57 Å². The second-order valence-electron chi connectivity index (χ2n) is 5.83. The molecule has 1 aliphatic rings. The van der Waals surface area contributed by atoms with Crippen LogP contribution < -0.4 is 0 Å². The molecule has 128 valence electrons. The zero-order valence-electron chi connectivity index (χ0n) is 13.8. The highest BCUT2D eigenvalue weighted by Gasteiger charge is 2.24. The summed E-state index contributed by atoms with van der Waals surface area (Å²) in [5.74, 6) is -0.342. The Balaban J connectivity index is 1.79. The van der Waals surface area contributed by atoms with E-state index < -0.39 is 5.97 Å². The molecule has 26 heavy (non-hydrogen) atoms. The predicted molar refractivity (Wildman–Crippen MR) is 103 cm³/mol. The van der Waals surface area contributed by atoms with Crippen LogP contribution in [0.4, 0.5) is 0 Å². The second kappa shape index (κ2) is 6.38. The summed E-state index contributed by atoms with van der Waals surface area (Å²) in [6, 6.07) is 14.9. The van der Waals surface area contributed by atoms with E-state index in [9.17, 15) is 9.59 Å². The zero-order chi connectivity index (χ0) is 18.3. The molecule has 0 saturated carbocycles. The summed E-state index contributed by atoms with van der Waals surface area (Å²) in [7, 11) is 0. The van der Waals surface area contributed by atoms with Gasteiger partial charge in [0, 0.05) is 34.1 Å². The normalized spacial score (nSPS) is 15.4. The number of carbonyl (C=O) groups excluding carboxylic acids is 2. The molecular weight excluding hydrogens is 396 g/mol. The Morgan fingerprint density at radius 2 is 1.88 bits per heavy atom. The van der Waals surface area contributed by atoms with E-state index in [4.69, 9.17) is 4.74 Å². The number of esters is 1. The lowest BCUT2D eigenvalue weighted by atomic mass is 10.1. The molecule has 0 radical (unpaired) electrons. The van der Waals surface area contributed by atoms with Crippen LogP contribution in [0.2, 0.25) is 0 Å². The number of aromatic nitrogens is 1. The molecule has 6 heteroatoms. The summed E-state index contributed by atoms with van der Waals surface area (Å²) in [6.07, 6.45) is 3.36. The fraction of sp³-hybridized carbons (Fsp3) is 0.0500. The molecular formula is C20H13BrN2O3. The smallest absolute Gasteiger partial charge is 0.363 e. The molecule has 0 saturated heterocycles. The highest BCUT2D eigenvalue weighted by atomic mass is 79.9. The molecule has 1 aliphatic heterocycles. The molecule has 1 aromatic heterocycles. The van der Waals surface area contributed by atoms with Crippen LogP contribution in [0.25, 0.3) is 17.0 Å². The number of nitrogens with zero attached hydrogens (tertiary/aromatic N) is 2. The third-order valence-electron chi connectivity index (χ3n) is 4.09. The maximum absolute atomic E-state index is 12.2. The largest absolute Gasteiger partial charge is 0.402 e. The van der Waals surface area contributed by atoms with Crippen molar-refractivity contribution >= 4 is 50.7 Å². The van der Waals surface area contributed by atoms with Crippen molar-refractivity contribution in [2.24, 2.45) is 4.99 Å². The highest BCUT2D eigenvalue weighted by molar-refractivity contribution is 9.10. The van der Waals surface area contributed by atoms with Gasteiger partial charge < -0.3 is 4.74 Å². The molecule has 0 atom stereocenters. The minimum absolute atomic E-state index is 0.0982. The van der Waals surface area contributed by atoms with Crippen LogP contribution in [-0.4, -0.2) is 22.3 Å². The number of carbonyl (C=O) groups is 2. The van der Waals surface area contributed by atoms with Gasteiger partial charge in [-0.05, 0) is 36.4 Å². The molecule has 0 fully saturated rings. The number of hydrogen-bond donors (Lipinski definition) is 0. The molecule has 0 aliphatic carbocycles. The summed E-state index contributed by atoms with van der Waals surface area (Å²) >= 11 is 3.37. The number of para-hydroxylation sites is 1. The highest BCUT2D eigenvalue weighted by Crippen LogP contribution is 2.26. The summed E-state index contributed by atoms with van der Waals surface area (Å²) < 4.78 is 7.78. The SMILES string of the molecule is CC(=O)n1cc(C=C2N=C(c3ccc(Br)cc3)OC2=O)c2ccccc21. The van der Waals surface area contributed by atoms with Crippen LogP contribution in [0.5, 0.6) is 0 Å². The van der Waals surface area contributed by atoms with E-state index in [0.717, 1.165) is 26.5 Å². The Morgan fingerprint density at radius 1 is 1.15 bits per heavy atom. The molecule has 4 rings (SSSR count). The van der Waals surface area contributed by atoms with Gasteiger partial charge in [-0.1, -0.05) is 34.1 Å². The van der Waals surface area contributed by atoms with Gasteiger partial charge in [-0.2, -0.15) is 0 Å². The Labute approximate surface area is 157 Å². The van der Waals surface area contributed by atoms with Crippen molar-refractivity contribution in [2.75, 3.05) is 0 Å². The summed E-state index contributed by atoms with van der Waals surface area (Å²) in [5.41, 5.74) is 2.45. The molecule has 5 nitrogen and oxygen atoms in total. The van der Waals surface area contributed by atoms with E-state index >= 15 is 0 Å². The van der Waals surface area contributed by atoms with Crippen molar-refractivity contribution in [1.29, 1.82) is 0 Å². The number of fused-ring (bicyclic) bond motifs is 1. The molecule has 3 aromatic rings. The number of ether oxygens (including phenoxy) is 1. The van der Waals surface area contributed by atoms with Crippen molar-refractivity contribution < 1.29 is 14.3 Å². The third kappa shape index (κ3) is 2.88. The number of rotatable bonds is 2. The fourth-order valence-electron chi connectivity index (χ4n) is 2.85. The van der Waals surface area contributed by atoms with E-state index in [-0.39, 0.29) is 17.5 Å². The average molecular weight is 409 g/mol. The lowest BCUT2D eigenvalue weighted by molar-refractivity contribution is -0.129. The van der Waals surface area contributed by atoms with Crippen molar-refractivity contribution in [3.8, 4) is 0 Å². The van der Waals surface area contributed by atoms with Crippen LogP contribution in [-0.2, 0) is 9.53 Å². The Morgan fingerprint density at radius 3 is 2.62 bits per heavy atom. The van der Waals surface area contributed by atoms with Gasteiger partial charge in [0.1, 0.15) is 0 Å². The Kier molecular flexibility index (Phi) is 4.05. The minimum atomic E-state index is -0.512. The number of hydrogen-bond acceptors (Lipinski definition) is 4. The number of aliphatic imine (C=N–C) groups is 1. The van der Waals surface area contributed by atoms with Gasteiger partial charge in [-0.15, -0.1) is 0 Å². The van der Waals surface area contributed by atoms with Gasteiger partial charge in [-0.25, -0.2) is 9.79 Å². The maximum Gasteiger partial charge on any atom is 0.363 e. The first-order valence-corrected chi connectivity index (χ1v) is 8.72. The van der Waals surface area contributed by atoms with E-state index in [1.165, 1.54) is 6.92 Å². The van der Waals surface area contributed by atoms with Crippen LogP contribution in [0.15, 0.2) is 69.9 Å². The van der Waals surface area contributed by atoms with Crippen LogP contribution in [0, 0.1) is 0 Å². The van der Waals surface area contributed by atoms with Gasteiger partial charge in [-0.3, -0.25) is 9.36 Å². The molecule has 0 bridgehead atoms. The summed E-state index contributed by atoms with van der Waals surface area (Å²) in [4.78, 5) is 28.4. The average Bonchev–Trinajstić information content (AvgIpc) is 3.18. The van der Waals surface area contributed by atoms with Gasteiger partial charge in [0.15, 0.2) is 5.70 Å². The van der Waals surface area contributed by atoms with E-state index in [2.05, 4.69) is 20.9 Å². The first-order chi connectivity index (χ1) is 12.5. The zero-order valence-corrected chi connectivity index (χ0v) is 15.4. The van der Waals surface area contributed by atoms with Crippen LogP contribution in [0.1, 0.15) is 22.8 Å². The number of halogens is 1. The fourth-order valence-corrected chi connectivity index (χ4v) is 3.12. The number of cyclic esters (lactones) is 1. The quantitative estimate of drug-likeness (QED) is 0.466. The minimum Gasteiger partial charge on any atom is -0.402 e. The van der Waals surface area contributed by atoms with Gasteiger partial charge >= 0.3 is 5.97 Å². The summed E-state index contributed by atoms with van der Waals surface area (Å²) in [6.45, 7) is 1.50. The van der Waals surface area contributed by atoms with Crippen molar-refractivity contribution in [3.05, 3.63) is 76.0 Å². The predicted octanol–water partition coefficient (Wildman–Crippen LogP) is 4.41. The van der Waals surface area contributed by atoms with Crippen LogP contribution in [0.3, 0.4) is 0 Å². The molecule has 0 spiro atoms. The summed E-state index contributed by atoms with van der Waals surface area (Å²) in [5, 5.41) is 0.871. The van der Waals surface area contributed by atoms with Crippen molar-refractivity contribution in [2.45, 2.75) is 6.92 Å². The van der Waals surface area contributed by atoms with E-state index in [0.29, 0.717) is 0 Å². The topological polar surface area (TPSA) is 60.7 Å². The monoisotopic (exact) mass is 408 g/mol. The number of benzene rings is 2. The molecule has 2 heterocycles. The second-order valence-corrected chi connectivity index (χ2v) is 6.75. The Hall–Kier alpha value is -2.99. The van der Waals surface area contributed by atoms with E-state index in [1.54, 1.807) is 16.8 Å². The lowest BCUT2D eigenvalue weighted by Gasteiger charge is -1.98. The van der Waals surface area contributed by atoms with Crippen molar-refractivity contribution in [3.63, 3.8) is 0 Å². The molecule has 0 N–H and O–H groups in total. The van der Waals surface area contributed by atoms with Gasteiger partial charge in [0.2, 0.25) is 11.8 Å². The Bertz CT molecular complexity index is 1110. The lowest BCUT2D eigenvalue weighted by Crippen LogP contribution is -2.05. The molecule has 2 aromatic carbocycles. The molecule has 0 amide bonds. The first kappa shape index (κ1) is 16.5. The van der Waals surface area contributed by atoms with E-state index in [1.807, 2.05) is 48.5 Å². The maximum atomic E-state index is 12.2. The third-order valence-corrected chi connectivity index (χ3v) is 4.61.